The van der Waals surface area contributed by atoms with Crippen molar-refractivity contribution in [2.24, 2.45) is 0 Å². The molecular weight excluding hydrogens is 383 g/mol. The average Bonchev–Trinajstić information content (AvgIpc) is 2.62. The minimum absolute atomic E-state index is 0.0581. The summed E-state index contributed by atoms with van der Waals surface area (Å²) in [6.45, 7) is 5.33. The highest BCUT2D eigenvalue weighted by Gasteiger charge is 2.19. The fourth-order valence-corrected chi connectivity index (χ4v) is 2.26. The zero-order valence-electron chi connectivity index (χ0n) is 16.3. The summed E-state index contributed by atoms with van der Waals surface area (Å²) >= 11 is 0. The van der Waals surface area contributed by atoms with Gasteiger partial charge in [0.1, 0.15) is 17.2 Å². The Hall–Kier alpha value is -3.43. The van der Waals surface area contributed by atoms with E-state index in [0.717, 1.165) is 0 Å². The van der Waals surface area contributed by atoms with Gasteiger partial charge in [-0.1, -0.05) is 12.1 Å². The molecule has 0 saturated heterocycles. The number of aromatic amines is 1. The van der Waals surface area contributed by atoms with E-state index >= 15 is 0 Å². The van der Waals surface area contributed by atoms with Gasteiger partial charge in [0.25, 0.3) is 11.5 Å². The molecule has 1 heterocycles. The molecule has 0 saturated carbocycles. The zero-order chi connectivity index (χ0) is 21.6. The van der Waals surface area contributed by atoms with Crippen LogP contribution in [0.4, 0.5) is 9.18 Å². The number of aromatic nitrogens is 2. The Labute approximate surface area is 166 Å². The molecule has 2 rings (SSSR count). The molecule has 2 aromatic rings. The number of halogens is 1. The van der Waals surface area contributed by atoms with E-state index in [9.17, 15) is 23.9 Å². The average molecular weight is 406 g/mol. The molecule has 10 heteroatoms. The Kier molecular flexibility index (Phi) is 6.92. The molecule has 9 nitrogen and oxygen atoms in total. The molecule has 1 aromatic heterocycles. The number of hydrogen-bond donors (Lipinski definition) is 4. The molecule has 0 aliphatic heterocycles. The lowest BCUT2D eigenvalue weighted by Crippen LogP contribution is -2.34. The van der Waals surface area contributed by atoms with E-state index in [2.05, 4.69) is 20.6 Å². The van der Waals surface area contributed by atoms with E-state index in [-0.39, 0.29) is 25.3 Å². The first kappa shape index (κ1) is 21.9. The van der Waals surface area contributed by atoms with E-state index in [0.29, 0.717) is 5.56 Å². The summed E-state index contributed by atoms with van der Waals surface area (Å²) < 4.78 is 18.0. The van der Waals surface area contributed by atoms with Crippen LogP contribution >= 0.6 is 0 Å². The van der Waals surface area contributed by atoms with Crippen LogP contribution < -0.4 is 16.2 Å². The van der Waals surface area contributed by atoms with Crippen molar-refractivity contribution >= 4 is 12.0 Å². The second-order valence-electron chi connectivity index (χ2n) is 7.20. The molecule has 0 bridgehead atoms. The minimum atomic E-state index is -0.876. The lowest BCUT2D eigenvalue weighted by Gasteiger charge is -2.19. The summed E-state index contributed by atoms with van der Waals surface area (Å²) in [5, 5.41) is 14.9. The molecule has 4 N–H and O–H groups in total. The molecule has 0 aliphatic rings. The van der Waals surface area contributed by atoms with Crippen molar-refractivity contribution in [2.45, 2.75) is 39.3 Å². The van der Waals surface area contributed by atoms with E-state index in [1.807, 2.05) is 0 Å². The largest absolute Gasteiger partial charge is 0.501 e. The van der Waals surface area contributed by atoms with Crippen molar-refractivity contribution in [2.75, 3.05) is 6.54 Å². The number of amides is 2. The maximum absolute atomic E-state index is 12.9. The van der Waals surface area contributed by atoms with Gasteiger partial charge >= 0.3 is 6.09 Å². The number of aromatic hydroxyl groups is 1. The second-order valence-corrected chi connectivity index (χ2v) is 7.20. The van der Waals surface area contributed by atoms with Crippen LogP contribution in [0.3, 0.4) is 0 Å². The third-order valence-electron chi connectivity index (χ3n) is 3.56. The summed E-state index contributed by atoms with van der Waals surface area (Å²) in [5.74, 6) is -1.88. The third-order valence-corrected chi connectivity index (χ3v) is 3.56. The Balaban J connectivity index is 2.00. The van der Waals surface area contributed by atoms with Crippen LogP contribution in [0.5, 0.6) is 5.75 Å². The van der Waals surface area contributed by atoms with Crippen LogP contribution in [0.25, 0.3) is 0 Å². The van der Waals surface area contributed by atoms with Gasteiger partial charge in [-0.05, 0) is 38.5 Å². The molecule has 0 aliphatic carbocycles. The number of H-pyrrole nitrogens is 1. The van der Waals surface area contributed by atoms with Crippen LogP contribution in [0.15, 0.2) is 29.1 Å². The van der Waals surface area contributed by atoms with Gasteiger partial charge in [-0.3, -0.25) is 9.59 Å². The van der Waals surface area contributed by atoms with Crippen LogP contribution in [0, 0.1) is 5.82 Å². The predicted molar refractivity (Wildman–Crippen MR) is 102 cm³/mol. The van der Waals surface area contributed by atoms with Gasteiger partial charge in [-0.25, -0.2) is 14.2 Å². The van der Waals surface area contributed by atoms with Crippen molar-refractivity contribution in [3.8, 4) is 5.75 Å². The molecule has 156 valence electrons. The topological polar surface area (TPSA) is 133 Å². The van der Waals surface area contributed by atoms with Gasteiger partial charge in [-0.2, -0.15) is 0 Å². The van der Waals surface area contributed by atoms with Crippen LogP contribution in [0.1, 0.15) is 42.6 Å². The Bertz CT molecular complexity index is 935. The normalized spacial score (nSPS) is 11.0. The maximum atomic E-state index is 12.9. The van der Waals surface area contributed by atoms with Gasteiger partial charge in [0.2, 0.25) is 5.75 Å². The van der Waals surface area contributed by atoms with Gasteiger partial charge in [0.05, 0.1) is 0 Å². The highest BCUT2D eigenvalue weighted by atomic mass is 19.1. The van der Waals surface area contributed by atoms with Crippen molar-refractivity contribution in [1.29, 1.82) is 0 Å². The number of hydrogen-bond acceptors (Lipinski definition) is 6. The maximum Gasteiger partial charge on any atom is 0.407 e. The number of alkyl carbamates (subject to hydrolysis) is 1. The molecule has 0 unspecified atom stereocenters. The van der Waals surface area contributed by atoms with Gasteiger partial charge in [0.15, 0.2) is 5.69 Å². The van der Waals surface area contributed by atoms with Gasteiger partial charge < -0.3 is 25.5 Å². The van der Waals surface area contributed by atoms with Gasteiger partial charge in [0, 0.05) is 19.5 Å². The third kappa shape index (κ3) is 6.91. The molecular formula is C19H23FN4O5. The van der Waals surface area contributed by atoms with Crippen LogP contribution in [0.2, 0.25) is 0 Å². The summed E-state index contributed by atoms with van der Waals surface area (Å²) in [4.78, 5) is 42.1. The summed E-state index contributed by atoms with van der Waals surface area (Å²) in [6, 6.07) is 5.49. The molecule has 29 heavy (non-hydrogen) atoms. The van der Waals surface area contributed by atoms with Crippen molar-refractivity contribution in [3.05, 3.63) is 57.5 Å². The highest BCUT2D eigenvalue weighted by Crippen LogP contribution is 2.10. The fourth-order valence-electron chi connectivity index (χ4n) is 2.26. The predicted octanol–water partition coefficient (Wildman–Crippen LogP) is 1.61. The number of nitrogens with zero attached hydrogens (tertiary/aromatic N) is 1. The summed E-state index contributed by atoms with van der Waals surface area (Å²) in [7, 11) is 0. The molecule has 0 radical (unpaired) electrons. The smallest absolute Gasteiger partial charge is 0.407 e. The molecule has 2 amide bonds. The number of benzene rings is 1. The van der Waals surface area contributed by atoms with Crippen LogP contribution in [-0.2, 0) is 17.7 Å². The Morgan fingerprint density at radius 3 is 2.48 bits per heavy atom. The fraction of sp³-hybridized carbons (Fsp3) is 0.368. The number of carbonyl (C=O) groups is 2. The number of carbonyl (C=O) groups excluding carboxylic acids is 2. The van der Waals surface area contributed by atoms with E-state index in [1.54, 1.807) is 20.8 Å². The van der Waals surface area contributed by atoms with E-state index < -0.39 is 40.4 Å². The quantitative estimate of drug-likeness (QED) is 0.576. The van der Waals surface area contributed by atoms with Crippen molar-refractivity contribution in [3.63, 3.8) is 0 Å². The Morgan fingerprint density at radius 2 is 1.86 bits per heavy atom. The number of nitrogens with one attached hydrogen (secondary N) is 3. The lowest BCUT2D eigenvalue weighted by atomic mass is 10.2. The Morgan fingerprint density at radius 1 is 1.21 bits per heavy atom. The van der Waals surface area contributed by atoms with Crippen LogP contribution in [-0.4, -0.2) is 39.2 Å². The van der Waals surface area contributed by atoms with Gasteiger partial charge in [-0.15, -0.1) is 0 Å². The lowest BCUT2D eigenvalue weighted by molar-refractivity contribution is 0.0528. The second kappa shape index (κ2) is 9.18. The number of rotatable bonds is 6. The number of ether oxygens (including phenoxy) is 1. The molecule has 0 atom stereocenters. The first-order valence-corrected chi connectivity index (χ1v) is 8.87. The zero-order valence-corrected chi connectivity index (χ0v) is 16.3. The van der Waals surface area contributed by atoms with E-state index in [4.69, 9.17) is 4.74 Å². The standard InChI is InChI=1S/C19H23FN4O5/c1-19(2,3)29-18(28)21-9-8-13-23-14(15(25)17(27)24-13)16(26)22-10-11-4-6-12(20)7-5-11/h4-7,25H,8-10H2,1-3H3,(H,21,28)(H,22,26)(H,23,24,27). The molecule has 1 aromatic carbocycles. The highest BCUT2D eigenvalue weighted by molar-refractivity contribution is 5.94. The summed E-state index contributed by atoms with van der Waals surface area (Å²) in [6.07, 6.45) is -0.525. The minimum Gasteiger partial charge on any atom is -0.501 e. The summed E-state index contributed by atoms with van der Waals surface area (Å²) in [5.41, 5.74) is -1.33. The first-order chi connectivity index (χ1) is 13.5. The molecule has 0 spiro atoms. The molecule has 0 fully saturated rings. The van der Waals surface area contributed by atoms with E-state index in [1.165, 1.54) is 24.3 Å². The van der Waals surface area contributed by atoms with Crippen molar-refractivity contribution < 1.29 is 23.8 Å². The monoisotopic (exact) mass is 406 g/mol. The van der Waals surface area contributed by atoms with Crippen molar-refractivity contribution in [1.82, 2.24) is 20.6 Å². The first-order valence-electron chi connectivity index (χ1n) is 8.87. The SMILES string of the molecule is CC(C)(C)OC(=O)NCCc1nc(C(=O)NCc2ccc(F)cc2)c(O)c(=O)[nH]1.